The average molecular weight is 437 g/mol. The lowest BCUT2D eigenvalue weighted by Gasteiger charge is -2.07. The number of alkyl carbamates (subject to hydrolysis) is 1. The summed E-state index contributed by atoms with van der Waals surface area (Å²) in [5.74, 6) is -0.464. The Kier molecular flexibility index (Phi) is 15.0. The monoisotopic (exact) mass is 436 g/mol. The van der Waals surface area contributed by atoms with Crippen molar-refractivity contribution in [1.29, 1.82) is 0 Å². The van der Waals surface area contributed by atoms with Gasteiger partial charge in [-0.1, -0.05) is 64.9 Å². The smallest absolute Gasteiger partial charge is 0.407 e. The largest absolute Gasteiger partial charge is 0.460 e. The molecule has 1 aromatic heterocycles. The molecular formula is C24H42N3O4+. The molecule has 0 radical (unpaired) electrons. The van der Waals surface area contributed by atoms with E-state index in [1.54, 1.807) is 6.92 Å². The lowest BCUT2D eigenvalue weighted by atomic mass is 10.1. The van der Waals surface area contributed by atoms with E-state index in [4.69, 9.17) is 9.47 Å². The Hall–Kier alpha value is -2.31. The molecule has 0 saturated carbocycles. The normalized spacial score (nSPS) is 10.6. The summed E-state index contributed by atoms with van der Waals surface area (Å²) in [4.78, 5) is 22.8. The molecule has 7 heteroatoms. The number of esters is 1. The summed E-state index contributed by atoms with van der Waals surface area (Å²) in [6.45, 7) is 9.53. The first-order valence-electron chi connectivity index (χ1n) is 11.8. The van der Waals surface area contributed by atoms with Crippen molar-refractivity contribution in [2.24, 2.45) is 0 Å². The van der Waals surface area contributed by atoms with E-state index in [9.17, 15) is 9.59 Å². The summed E-state index contributed by atoms with van der Waals surface area (Å²) < 4.78 is 14.2. The molecule has 7 nitrogen and oxygen atoms in total. The number of unbranched alkanes of at least 4 members (excludes halogenated alkanes) is 9. The van der Waals surface area contributed by atoms with Gasteiger partial charge in [0, 0.05) is 5.57 Å². The van der Waals surface area contributed by atoms with Gasteiger partial charge in [0.1, 0.15) is 32.2 Å². The van der Waals surface area contributed by atoms with Gasteiger partial charge in [-0.25, -0.2) is 18.7 Å². The number of hydrogen-bond donors (Lipinski definition) is 1. The van der Waals surface area contributed by atoms with Crippen LogP contribution in [0.2, 0.25) is 0 Å². The Morgan fingerprint density at radius 3 is 2.26 bits per heavy atom. The average Bonchev–Trinajstić information content (AvgIpc) is 3.20. The number of aryl methyl sites for hydroxylation is 1. The Balaban J connectivity index is 2.00. The highest BCUT2D eigenvalue weighted by Crippen LogP contribution is 2.10. The molecule has 1 N–H and O–H groups in total. The molecule has 0 aliphatic rings. The summed E-state index contributed by atoms with van der Waals surface area (Å²) in [5, 5.41) is 2.55. The minimum atomic E-state index is -0.517. The minimum Gasteiger partial charge on any atom is -0.460 e. The van der Waals surface area contributed by atoms with Crippen molar-refractivity contribution in [3.8, 4) is 0 Å². The molecule has 1 aromatic rings. The molecule has 0 saturated heterocycles. The van der Waals surface area contributed by atoms with Crippen molar-refractivity contribution in [2.45, 2.75) is 91.1 Å². The number of amides is 1. The molecule has 31 heavy (non-hydrogen) atoms. The Labute approximate surface area is 187 Å². The maximum atomic E-state index is 11.6. The first-order chi connectivity index (χ1) is 15.0. The van der Waals surface area contributed by atoms with Gasteiger partial charge in [-0.2, -0.15) is 0 Å². The van der Waals surface area contributed by atoms with Crippen molar-refractivity contribution in [1.82, 2.24) is 9.88 Å². The van der Waals surface area contributed by atoms with Crippen molar-refractivity contribution >= 4 is 12.1 Å². The van der Waals surface area contributed by atoms with Gasteiger partial charge in [0.15, 0.2) is 0 Å². The Bertz CT molecular complexity index is 643. The van der Waals surface area contributed by atoms with Crippen molar-refractivity contribution in [3.05, 3.63) is 30.9 Å². The molecule has 0 fully saturated rings. The lowest BCUT2D eigenvalue weighted by Crippen LogP contribution is -2.31. The topological polar surface area (TPSA) is 73.4 Å². The third kappa shape index (κ3) is 14.3. The standard InChI is InChI=1S/C24H41N3O4/c1-4-5-6-7-8-9-10-11-12-13-15-26-16-17-27(21-26)18-20-31-24(29)25-14-19-30-23(28)22(2)3/h16-17,21H,2,4-15,18-20H2,1,3H3/p+1. The molecule has 176 valence electrons. The van der Waals surface area contributed by atoms with Crippen LogP contribution in [0, 0.1) is 0 Å². The number of nitrogens with zero attached hydrogens (tertiary/aromatic N) is 2. The molecule has 0 aliphatic heterocycles. The molecular weight excluding hydrogens is 394 g/mol. The maximum absolute atomic E-state index is 11.6. The van der Waals surface area contributed by atoms with Crippen LogP contribution in [0.4, 0.5) is 4.79 Å². The fourth-order valence-corrected chi connectivity index (χ4v) is 3.20. The van der Waals surface area contributed by atoms with E-state index in [2.05, 4.69) is 29.6 Å². The van der Waals surface area contributed by atoms with Crippen LogP contribution in [0.1, 0.15) is 78.1 Å². The number of ether oxygens (including phenoxy) is 2. The zero-order chi connectivity index (χ0) is 22.7. The first kappa shape index (κ1) is 26.7. The zero-order valence-electron chi connectivity index (χ0n) is 19.6. The van der Waals surface area contributed by atoms with Gasteiger partial charge >= 0.3 is 12.1 Å². The van der Waals surface area contributed by atoms with Crippen LogP contribution >= 0.6 is 0 Å². The summed E-state index contributed by atoms with van der Waals surface area (Å²) >= 11 is 0. The van der Waals surface area contributed by atoms with Crippen LogP contribution in [0.15, 0.2) is 30.9 Å². The summed E-state index contributed by atoms with van der Waals surface area (Å²) in [7, 11) is 0. The fraction of sp³-hybridized carbons (Fsp3) is 0.708. The lowest BCUT2D eigenvalue weighted by molar-refractivity contribution is -0.696. The quantitative estimate of drug-likeness (QED) is 0.159. The van der Waals surface area contributed by atoms with Crippen LogP contribution in [0.5, 0.6) is 0 Å². The molecule has 1 amide bonds. The highest BCUT2D eigenvalue weighted by molar-refractivity contribution is 5.86. The van der Waals surface area contributed by atoms with E-state index in [0.717, 1.165) is 6.54 Å². The first-order valence-corrected chi connectivity index (χ1v) is 11.8. The fourth-order valence-electron chi connectivity index (χ4n) is 3.20. The van der Waals surface area contributed by atoms with Crippen molar-refractivity contribution in [2.75, 3.05) is 19.8 Å². The second-order valence-electron chi connectivity index (χ2n) is 8.05. The van der Waals surface area contributed by atoms with Gasteiger partial charge in [0.2, 0.25) is 6.33 Å². The van der Waals surface area contributed by atoms with Crippen molar-refractivity contribution < 1.29 is 23.6 Å². The van der Waals surface area contributed by atoms with E-state index in [1.165, 1.54) is 64.2 Å². The second kappa shape index (κ2) is 17.4. The Morgan fingerprint density at radius 2 is 1.61 bits per heavy atom. The molecule has 1 heterocycles. The Morgan fingerprint density at radius 1 is 0.968 bits per heavy atom. The zero-order valence-corrected chi connectivity index (χ0v) is 19.6. The SMILES string of the molecule is C=C(C)C(=O)OCCNC(=O)OCCn1cc[n+](CCCCCCCCCCCC)c1. The highest BCUT2D eigenvalue weighted by atomic mass is 16.6. The molecule has 1 rings (SSSR count). The van der Waals surface area contributed by atoms with Gasteiger partial charge < -0.3 is 14.8 Å². The molecule has 0 atom stereocenters. The van der Waals surface area contributed by atoms with E-state index in [0.29, 0.717) is 12.1 Å². The number of nitrogens with one attached hydrogen (secondary N) is 1. The van der Waals surface area contributed by atoms with Crippen LogP contribution in [0.3, 0.4) is 0 Å². The van der Waals surface area contributed by atoms with Crippen LogP contribution < -0.4 is 9.88 Å². The predicted molar refractivity (Wildman–Crippen MR) is 122 cm³/mol. The molecule has 0 unspecified atom stereocenters. The number of hydrogen-bond acceptors (Lipinski definition) is 4. The minimum absolute atomic E-state index is 0.0946. The summed E-state index contributed by atoms with van der Waals surface area (Å²) in [6, 6.07) is 0. The molecule has 0 aromatic carbocycles. The van der Waals surface area contributed by atoms with Crippen LogP contribution in [-0.4, -0.2) is 36.4 Å². The summed E-state index contributed by atoms with van der Waals surface area (Å²) in [6.07, 6.45) is 19.0. The van der Waals surface area contributed by atoms with Gasteiger partial charge in [0.05, 0.1) is 13.1 Å². The van der Waals surface area contributed by atoms with E-state index >= 15 is 0 Å². The molecule has 0 bridgehead atoms. The van der Waals surface area contributed by atoms with Gasteiger partial charge in [-0.15, -0.1) is 0 Å². The van der Waals surface area contributed by atoms with Crippen molar-refractivity contribution in [3.63, 3.8) is 0 Å². The van der Waals surface area contributed by atoms with Gasteiger partial charge in [0.25, 0.3) is 0 Å². The van der Waals surface area contributed by atoms with Gasteiger partial charge in [-0.05, 0) is 19.8 Å². The van der Waals surface area contributed by atoms with E-state index in [1.807, 2.05) is 17.1 Å². The molecule has 0 aliphatic carbocycles. The number of carbonyl (C=O) groups excluding carboxylic acids is 2. The third-order valence-electron chi connectivity index (χ3n) is 5.05. The second-order valence-corrected chi connectivity index (χ2v) is 8.05. The third-order valence-corrected chi connectivity index (χ3v) is 5.05. The number of aromatic nitrogens is 2. The number of imidazole rings is 1. The highest BCUT2D eigenvalue weighted by Gasteiger charge is 2.07. The number of rotatable bonds is 18. The predicted octanol–water partition coefficient (Wildman–Crippen LogP) is 4.54. The number of carbonyl (C=O) groups is 2. The van der Waals surface area contributed by atoms with Gasteiger partial charge in [-0.3, -0.25) is 0 Å². The van der Waals surface area contributed by atoms with E-state index < -0.39 is 12.1 Å². The molecule has 0 spiro atoms. The van der Waals surface area contributed by atoms with E-state index in [-0.39, 0.29) is 19.8 Å². The van der Waals surface area contributed by atoms with Crippen LogP contribution in [0.25, 0.3) is 0 Å². The summed E-state index contributed by atoms with van der Waals surface area (Å²) in [5.41, 5.74) is 0.333. The van der Waals surface area contributed by atoms with Crippen LogP contribution in [-0.2, 0) is 27.4 Å². The maximum Gasteiger partial charge on any atom is 0.407 e.